The molecule has 25 heavy (non-hydrogen) atoms. The highest BCUT2D eigenvalue weighted by Crippen LogP contribution is 2.30. The van der Waals surface area contributed by atoms with Crippen molar-refractivity contribution in [1.29, 1.82) is 0 Å². The molecule has 4 aromatic rings. The van der Waals surface area contributed by atoms with Crippen LogP contribution in [0.4, 0.5) is 0 Å². The summed E-state index contributed by atoms with van der Waals surface area (Å²) in [5.74, 6) is 0.862. The quantitative estimate of drug-likeness (QED) is 0.466. The lowest BCUT2D eigenvalue weighted by Gasteiger charge is -2.05. The van der Waals surface area contributed by atoms with E-state index in [0.29, 0.717) is 0 Å². The zero-order valence-corrected chi connectivity index (χ0v) is 14.1. The van der Waals surface area contributed by atoms with Crippen LogP contribution in [0.5, 0.6) is 0 Å². The fourth-order valence-electron chi connectivity index (χ4n) is 3.07. The number of aromatic nitrogens is 1. The molecule has 122 valence electrons. The Labute approximate surface area is 147 Å². The van der Waals surface area contributed by atoms with Crippen LogP contribution in [0.15, 0.2) is 89.5 Å². The third kappa shape index (κ3) is 3.24. The van der Waals surface area contributed by atoms with E-state index in [-0.39, 0.29) is 0 Å². The van der Waals surface area contributed by atoms with Crippen molar-refractivity contribution in [3.05, 3.63) is 102 Å². The molecule has 0 atom stereocenters. The van der Waals surface area contributed by atoms with E-state index in [1.54, 1.807) is 0 Å². The number of aryl methyl sites for hydroxylation is 1. The van der Waals surface area contributed by atoms with Crippen molar-refractivity contribution in [2.24, 2.45) is 0 Å². The topological polar surface area (TPSA) is 26.0 Å². The van der Waals surface area contributed by atoms with Crippen LogP contribution in [0.25, 0.3) is 22.5 Å². The van der Waals surface area contributed by atoms with Gasteiger partial charge in [0.2, 0.25) is 0 Å². The molecule has 0 aliphatic rings. The van der Waals surface area contributed by atoms with Crippen LogP contribution in [0.2, 0.25) is 0 Å². The van der Waals surface area contributed by atoms with Crippen molar-refractivity contribution in [3.8, 4) is 22.5 Å². The second-order valence-corrected chi connectivity index (χ2v) is 6.18. The van der Waals surface area contributed by atoms with Crippen LogP contribution in [-0.2, 0) is 6.42 Å². The van der Waals surface area contributed by atoms with Crippen molar-refractivity contribution in [2.75, 3.05) is 0 Å². The average molecular weight is 325 g/mol. The SMILES string of the molecule is Cc1noc(-c2ccc(-c3ccccc3)cc2)c1Cc1ccccc1. The first-order valence-electron chi connectivity index (χ1n) is 8.46. The molecular weight excluding hydrogens is 306 g/mol. The molecule has 0 aliphatic carbocycles. The Morgan fingerprint density at radius 2 is 1.24 bits per heavy atom. The third-order valence-electron chi connectivity index (χ3n) is 4.46. The first-order valence-corrected chi connectivity index (χ1v) is 8.46. The van der Waals surface area contributed by atoms with Gasteiger partial charge in [-0.15, -0.1) is 0 Å². The molecule has 4 rings (SSSR count). The Hall–Kier alpha value is -3.13. The van der Waals surface area contributed by atoms with E-state index in [1.807, 2.05) is 19.1 Å². The maximum Gasteiger partial charge on any atom is 0.170 e. The minimum absolute atomic E-state index is 0.825. The molecule has 0 amide bonds. The molecule has 0 bridgehead atoms. The Kier molecular flexibility index (Phi) is 4.17. The van der Waals surface area contributed by atoms with Crippen LogP contribution >= 0.6 is 0 Å². The lowest BCUT2D eigenvalue weighted by Crippen LogP contribution is -1.91. The number of rotatable bonds is 4. The van der Waals surface area contributed by atoms with Gasteiger partial charge in [0, 0.05) is 17.5 Å². The van der Waals surface area contributed by atoms with Crippen LogP contribution in [0.1, 0.15) is 16.8 Å². The fourth-order valence-corrected chi connectivity index (χ4v) is 3.07. The first kappa shape index (κ1) is 15.4. The van der Waals surface area contributed by atoms with Gasteiger partial charge in [-0.25, -0.2) is 0 Å². The van der Waals surface area contributed by atoms with Crippen LogP contribution in [0, 0.1) is 6.92 Å². The first-order chi connectivity index (χ1) is 12.3. The van der Waals surface area contributed by atoms with E-state index < -0.39 is 0 Å². The van der Waals surface area contributed by atoms with Gasteiger partial charge < -0.3 is 4.52 Å². The summed E-state index contributed by atoms with van der Waals surface area (Å²) in [6, 6.07) is 29.3. The smallest absolute Gasteiger partial charge is 0.170 e. The number of benzene rings is 3. The molecule has 1 aromatic heterocycles. The summed E-state index contributed by atoms with van der Waals surface area (Å²) in [7, 11) is 0. The molecule has 0 radical (unpaired) electrons. The summed E-state index contributed by atoms with van der Waals surface area (Å²) in [6.45, 7) is 2.00. The summed E-state index contributed by atoms with van der Waals surface area (Å²) in [4.78, 5) is 0. The van der Waals surface area contributed by atoms with Gasteiger partial charge in [0.1, 0.15) is 0 Å². The molecule has 0 unspecified atom stereocenters. The third-order valence-corrected chi connectivity index (χ3v) is 4.46. The average Bonchev–Trinajstić information content (AvgIpc) is 3.04. The van der Waals surface area contributed by atoms with Crippen LogP contribution in [0.3, 0.4) is 0 Å². The molecule has 1 heterocycles. The van der Waals surface area contributed by atoms with E-state index in [2.05, 4.69) is 78.0 Å². The molecule has 0 aliphatic heterocycles. The van der Waals surface area contributed by atoms with Gasteiger partial charge in [-0.2, -0.15) is 0 Å². The molecule has 0 fully saturated rings. The lowest BCUT2D eigenvalue weighted by atomic mass is 9.98. The molecule has 0 saturated heterocycles. The minimum Gasteiger partial charge on any atom is -0.356 e. The molecule has 0 saturated carbocycles. The summed E-state index contributed by atoms with van der Waals surface area (Å²) in [5, 5.41) is 4.19. The molecule has 2 heteroatoms. The second kappa shape index (κ2) is 6.78. The van der Waals surface area contributed by atoms with Crippen molar-refractivity contribution in [1.82, 2.24) is 5.16 Å². The zero-order chi connectivity index (χ0) is 17.1. The standard InChI is InChI=1S/C23H19NO/c1-17-22(16-18-8-4-2-5-9-18)23(25-24-17)21-14-12-20(13-15-21)19-10-6-3-7-11-19/h2-15H,16H2,1H3. The molecule has 0 spiro atoms. The number of hydrogen-bond donors (Lipinski definition) is 0. The molecule has 0 N–H and O–H groups in total. The van der Waals surface area contributed by atoms with E-state index in [9.17, 15) is 0 Å². The van der Waals surface area contributed by atoms with E-state index in [1.165, 1.54) is 16.7 Å². The Morgan fingerprint density at radius 1 is 0.680 bits per heavy atom. The van der Waals surface area contributed by atoms with Crippen LogP contribution in [-0.4, -0.2) is 5.16 Å². The summed E-state index contributed by atoms with van der Waals surface area (Å²) in [6.07, 6.45) is 0.825. The number of hydrogen-bond acceptors (Lipinski definition) is 2. The largest absolute Gasteiger partial charge is 0.356 e. The van der Waals surface area contributed by atoms with E-state index in [4.69, 9.17) is 4.52 Å². The molecule has 3 aromatic carbocycles. The predicted octanol–water partition coefficient (Wildman–Crippen LogP) is 5.91. The highest BCUT2D eigenvalue weighted by atomic mass is 16.5. The van der Waals surface area contributed by atoms with Gasteiger partial charge in [0.05, 0.1) is 5.69 Å². The zero-order valence-electron chi connectivity index (χ0n) is 14.1. The predicted molar refractivity (Wildman–Crippen MR) is 101 cm³/mol. The summed E-state index contributed by atoms with van der Waals surface area (Å²) < 4.78 is 5.65. The Morgan fingerprint density at radius 3 is 1.92 bits per heavy atom. The number of nitrogens with zero attached hydrogens (tertiary/aromatic N) is 1. The van der Waals surface area contributed by atoms with Gasteiger partial charge in [-0.05, 0) is 23.6 Å². The van der Waals surface area contributed by atoms with Gasteiger partial charge in [0.25, 0.3) is 0 Å². The van der Waals surface area contributed by atoms with Gasteiger partial charge in [-0.3, -0.25) is 0 Å². The Bertz CT molecular complexity index is 954. The van der Waals surface area contributed by atoms with Crippen molar-refractivity contribution < 1.29 is 4.52 Å². The summed E-state index contributed by atoms with van der Waals surface area (Å²) >= 11 is 0. The normalized spacial score (nSPS) is 10.8. The highest BCUT2D eigenvalue weighted by molar-refractivity contribution is 5.69. The second-order valence-electron chi connectivity index (χ2n) is 6.18. The van der Waals surface area contributed by atoms with Gasteiger partial charge in [0.15, 0.2) is 5.76 Å². The van der Waals surface area contributed by atoms with Gasteiger partial charge >= 0.3 is 0 Å². The Balaban J connectivity index is 1.66. The van der Waals surface area contributed by atoms with E-state index in [0.717, 1.165) is 29.0 Å². The fraction of sp³-hybridized carbons (Fsp3) is 0.0870. The summed E-state index contributed by atoms with van der Waals surface area (Å²) in [5.41, 5.74) is 6.84. The van der Waals surface area contributed by atoms with Crippen molar-refractivity contribution in [2.45, 2.75) is 13.3 Å². The maximum atomic E-state index is 5.65. The molecule has 2 nitrogen and oxygen atoms in total. The maximum absolute atomic E-state index is 5.65. The van der Waals surface area contributed by atoms with Crippen molar-refractivity contribution >= 4 is 0 Å². The van der Waals surface area contributed by atoms with Crippen LogP contribution < -0.4 is 0 Å². The van der Waals surface area contributed by atoms with Crippen molar-refractivity contribution in [3.63, 3.8) is 0 Å². The minimum atomic E-state index is 0.825. The highest BCUT2D eigenvalue weighted by Gasteiger charge is 2.15. The van der Waals surface area contributed by atoms with E-state index >= 15 is 0 Å². The lowest BCUT2D eigenvalue weighted by molar-refractivity contribution is 0.427. The molecular formula is C23H19NO. The monoisotopic (exact) mass is 325 g/mol. The van der Waals surface area contributed by atoms with Gasteiger partial charge in [-0.1, -0.05) is 90.1 Å².